The summed E-state index contributed by atoms with van der Waals surface area (Å²) in [5.41, 5.74) is 1.90. The maximum absolute atomic E-state index is 10.2. The van der Waals surface area contributed by atoms with Crippen LogP contribution in [0.3, 0.4) is 0 Å². The predicted octanol–water partition coefficient (Wildman–Crippen LogP) is 4.64. The molecule has 0 spiro atoms. The van der Waals surface area contributed by atoms with Gasteiger partial charge in [-0.2, -0.15) is 0 Å². The first-order valence-corrected chi connectivity index (χ1v) is 6.87. The fourth-order valence-electron chi connectivity index (χ4n) is 1.77. The average Bonchev–Trinajstić information content (AvgIpc) is 2.64. The highest BCUT2D eigenvalue weighted by Crippen LogP contribution is 2.29. The number of halogens is 2. The maximum atomic E-state index is 10.2. The Hall–Kier alpha value is -0.540. The number of benzene rings is 1. The van der Waals surface area contributed by atoms with E-state index in [1.807, 2.05) is 30.5 Å². The van der Waals surface area contributed by atoms with Gasteiger partial charge < -0.3 is 5.11 Å². The molecule has 2 rings (SSSR count). The van der Waals surface area contributed by atoms with Crippen LogP contribution in [0.15, 0.2) is 29.6 Å². The van der Waals surface area contributed by atoms with E-state index in [2.05, 4.69) is 0 Å². The molecule has 1 atom stereocenters. The van der Waals surface area contributed by atoms with E-state index in [0.29, 0.717) is 11.4 Å². The van der Waals surface area contributed by atoms with Crippen LogP contribution in [0.25, 0.3) is 0 Å². The third kappa shape index (κ3) is 3.02. The van der Waals surface area contributed by atoms with Crippen LogP contribution < -0.4 is 0 Å². The van der Waals surface area contributed by atoms with Crippen molar-refractivity contribution < 1.29 is 5.11 Å². The van der Waals surface area contributed by atoms with Crippen molar-refractivity contribution in [3.63, 3.8) is 0 Å². The van der Waals surface area contributed by atoms with Gasteiger partial charge in [0.15, 0.2) is 0 Å². The molecule has 90 valence electrons. The fraction of sp³-hybridized carbons (Fsp3) is 0.231. The summed E-state index contributed by atoms with van der Waals surface area (Å²) in [6, 6.07) is 7.37. The summed E-state index contributed by atoms with van der Waals surface area (Å²) in [4.78, 5) is 1.01. The van der Waals surface area contributed by atoms with E-state index in [1.54, 1.807) is 17.4 Å². The molecule has 1 aromatic heterocycles. The van der Waals surface area contributed by atoms with Gasteiger partial charge in [0.05, 0.1) is 11.1 Å². The Morgan fingerprint density at radius 1 is 1.29 bits per heavy atom. The summed E-state index contributed by atoms with van der Waals surface area (Å²) in [7, 11) is 0. The Kier molecular flexibility index (Phi) is 4.10. The van der Waals surface area contributed by atoms with Crippen molar-refractivity contribution in [3.05, 3.63) is 55.7 Å². The lowest BCUT2D eigenvalue weighted by molar-refractivity contribution is 0.178. The van der Waals surface area contributed by atoms with E-state index in [9.17, 15) is 5.11 Å². The molecule has 0 saturated carbocycles. The van der Waals surface area contributed by atoms with Crippen molar-refractivity contribution in [2.75, 3.05) is 0 Å². The highest BCUT2D eigenvalue weighted by molar-refractivity contribution is 7.10. The topological polar surface area (TPSA) is 20.2 Å². The molecular weight excluding hydrogens is 275 g/mol. The molecule has 1 N–H and O–H groups in total. The van der Waals surface area contributed by atoms with Gasteiger partial charge >= 0.3 is 0 Å². The minimum absolute atomic E-state index is 0.539. The lowest BCUT2D eigenvalue weighted by Gasteiger charge is -2.13. The second-order valence-electron chi connectivity index (χ2n) is 3.91. The average molecular weight is 287 g/mol. The number of hydrogen-bond donors (Lipinski definition) is 1. The lowest BCUT2D eigenvalue weighted by Crippen LogP contribution is -2.03. The zero-order valence-electron chi connectivity index (χ0n) is 9.28. The Morgan fingerprint density at radius 2 is 2.06 bits per heavy atom. The van der Waals surface area contributed by atoms with E-state index in [0.717, 1.165) is 21.0 Å². The summed E-state index contributed by atoms with van der Waals surface area (Å²) in [6.45, 7) is 1.94. The minimum Gasteiger partial charge on any atom is -0.388 e. The van der Waals surface area contributed by atoms with Crippen molar-refractivity contribution >= 4 is 34.5 Å². The third-order valence-corrected chi connectivity index (χ3v) is 4.31. The third-order valence-electron chi connectivity index (χ3n) is 2.66. The molecule has 0 fully saturated rings. The number of aliphatic hydroxyl groups excluding tert-OH is 1. The van der Waals surface area contributed by atoms with E-state index >= 15 is 0 Å². The van der Waals surface area contributed by atoms with Crippen molar-refractivity contribution in [1.29, 1.82) is 0 Å². The van der Waals surface area contributed by atoms with Gasteiger partial charge in [-0.15, -0.1) is 11.3 Å². The van der Waals surface area contributed by atoms with Gasteiger partial charge in [0.1, 0.15) is 0 Å². The second-order valence-corrected chi connectivity index (χ2v) is 5.76. The molecule has 1 unspecified atom stereocenters. The molecule has 0 aliphatic heterocycles. The molecule has 0 saturated heterocycles. The monoisotopic (exact) mass is 286 g/mol. The van der Waals surface area contributed by atoms with Gasteiger partial charge in [-0.3, -0.25) is 0 Å². The normalized spacial score (nSPS) is 12.7. The van der Waals surface area contributed by atoms with Gasteiger partial charge in [-0.1, -0.05) is 29.3 Å². The summed E-state index contributed by atoms with van der Waals surface area (Å²) in [6.07, 6.45) is 0.00214. The van der Waals surface area contributed by atoms with Crippen LogP contribution in [0.4, 0.5) is 0 Å². The van der Waals surface area contributed by atoms with Crippen molar-refractivity contribution in [2.45, 2.75) is 19.4 Å². The number of rotatable bonds is 3. The number of aliphatic hydroxyl groups is 1. The quantitative estimate of drug-likeness (QED) is 0.872. The van der Waals surface area contributed by atoms with Crippen LogP contribution in [0.2, 0.25) is 10.0 Å². The maximum Gasteiger partial charge on any atom is 0.0841 e. The lowest BCUT2D eigenvalue weighted by atomic mass is 10.0. The second kappa shape index (κ2) is 5.40. The molecule has 0 aliphatic rings. The standard InChI is InChI=1S/C13H12Cl2OS/c1-8-6-9(14)2-3-10(8)12(16)7-13-11(15)4-5-17-13/h2-6,12,16H,7H2,1H3. The molecule has 0 radical (unpaired) electrons. The zero-order valence-corrected chi connectivity index (χ0v) is 11.6. The first kappa shape index (κ1) is 12.9. The summed E-state index contributed by atoms with van der Waals surface area (Å²) >= 11 is 13.5. The van der Waals surface area contributed by atoms with E-state index in [4.69, 9.17) is 23.2 Å². The summed E-state index contributed by atoms with van der Waals surface area (Å²) < 4.78 is 0. The molecule has 1 nitrogen and oxygen atoms in total. The number of hydrogen-bond acceptors (Lipinski definition) is 2. The highest BCUT2D eigenvalue weighted by atomic mass is 35.5. The first-order valence-electron chi connectivity index (χ1n) is 5.24. The van der Waals surface area contributed by atoms with Crippen LogP contribution in [0, 0.1) is 6.92 Å². The molecule has 1 aromatic carbocycles. The van der Waals surface area contributed by atoms with Gasteiger partial charge in [0, 0.05) is 16.3 Å². The van der Waals surface area contributed by atoms with Gasteiger partial charge in [0.2, 0.25) is 0 Å². The SMILES string of the molecule is Cc1cc(Cl)ccc1C(O)Cc1sccc1Cl. The first-order chi connectivity index (χ1) is 8.08. The molecule has 0 amide bonds. The highest BCUT2D eigenvalue weighted by Gasteiger charge is 2.14. The number of aryl methyl sites for hydroxylation is 1. The van der Waals surface area contributed by atoms with Gasteiger partial charge in [-0.25, -0.2) is 0 Å². The largest absolute Gasteiger partial charge is 0.388 e. The zero-order chi connectivity index (χ0) is 12.4. The van der Waals surface area contributed by atoms with E-state index in [-0.39, 0.29) is 0 Å². The van der Waals surface area contributed by atoms with Crippen LogP contribution in [-0.4, -0.2) is 5.11 Å². The van der Waals surface area contributed by atoms with Crippen LogP contribution in [0.5, 0.6) is 0 Å². The summed E-state index contributed by atoms with van der Waals surface area (Å²) in [5, 5.41) is 13.5. The van der Waals surface area contributed by atoms with Crippen molar-refractivity contribution in [1.82, 2.24) is 0 Å². The van der Waals surface area contributed by atoms with Gasteiger partial charge in [0.25, 0.3) is 0 Å². The molecule has 17 heavy (non-hydrogen) atoms. The summed E-state index contributed by atoms with van der Waals surface area (Å²) in [5.74, 6) is 0. The molecule has 4 heteroatoms. The van der Waals surface area contributed by atoms with E-state index < -0.39 is 6.10 Å². The molecule has 1 heterocycles. The van der Waals surface area contributed by atoms with Crippen molar-refractivity contribution in [2.24, 2.45) is 0 Å². The molecule has 0 aliphatic carbocycles. The Morgan fingerprint density at radius 3 is 2.65 bits per heavy atom. The molecule has 0 bridgehead atoms. The predicted molar refractivity (Wildman–Crippen MR) is 74.2 cm³/mol. The molecular formula is C13H12Cl2OS. The van der Waals surface area contributed by atoms with Crippen LogP contribution in [-0.2, 0) is 6.42 Å². The minimum atomic E-state index is -0.539. The van der Waals surface area contributed by atoms with Crippen LogP contribution in [0.1, 0.15) is 22.1 Å². The number of thiophene rings is 1. The van der Waals surface area contributed by atoms with Crippen LogP contribution >= 0.6 is 34.5 Å². The smallest absolute Gasteiger partial charge is 0.0841 e. The fourth-order valence-corrected chi connectivity index (χ4v) is 3.15. The Labute approximate surface area is 115 Å². The van der Waals surface area contributed by atoms with Gasteiger partial charge in [-0.05, 0) is 41.6 Å². The Bertz CT molecular complexity index is 522. The van der Waals surface area contributed by atoms with E-state index in [1.165, 1.54) is 0 Å². The molecule has 2 aromatic rings. The van der Waals surface area contributed by atoms with Crippen molar-refractivity contribution in [3.8, 4) is 0 Å². The Balaban J connectivity index is 2.20.